The van der Waals surface area contributed by atoms with Crippen LogP contribution in [0.4, 0.5) is 5.95 Å². The third-order valence-corrected chi connectivity index (χ3v) is 2.15. The Morgan fingerprint density at radius 2 is 1.87 bits per heavy atom. The first-order chi connectivity index (χ1) is 7.24. The van der Waals surface area contributed by atoms with Crippen molar-refractivity contribution < 1.29 is 0 Å². The van der Waals surface area contributed by atoms with Gasteiger partial charge in [-0.05, 0) is 18.6 Å². The first-order valence-corrected chi connectivity index (χ1v) is 4.88. The fourth-order valence-corrected chi connectivity index (χ4v) is 1.55. The fraction of sp³-hybridized carbons (Fsp3) is 0.167. The Kier molecular flexibility index (Phi) is 2.63. The largest absolute Gasteiger partial charge is 0.368 e. The van der Waals surface area contributed by atoms with E-state index < -0.39 is 0 Å². The highest BCUT2D eigenvalue weighted by atomic mass is 15.0. The summed E-state index contributed by atoms with van der Waals surface area (Å²) >= 11 is 0. The Hall–Kier alpha value is -1.90. The van der Waals surface area contributed by atoms with Crippen molar-refractivity contribution in [2.24, 2.45) is 0 Å². The second-order valence-corrected chi connectivity index (χ2v) is 3.52. The number of nitrogens with two attached hydrogens (primary N) is 1. The van der Waals surface area contributed by atoms with E-state index in [1.807, 2.05) is 31.2 Å². The summed E-state index contributed by atoms with van der Waals surface area (Å²) in [5.74, 6) is 0.348. The molecule has 0 aliphatic carbocycles. The Morgan fingerprint density at radius 3 is 2.53 bits per heavy atom. The second-order valence-electron chi connectivity index (χ2n) is 3.52. The van der Waals surface area contributed by atoms with Gasteiger partial charge in [0, 0.05) is 12.1 Å². The molecule has 0 spiro atoms. The quantitative estimate of drug-likeness (QED) is 0.804. The van der Waals surface area contributed by atoms with E-state index in [1.165, 1.54) is 5.56 Å². The van der Waals surface area contributed by atoms with Crippen molar-refractivity contribution in [3.63, 3.8) is 0 Å². The van der Waals surface area contributed by atoms with Crippen molar-refractivity contribution in [3.05, 3.63) is 53.3 Å². The Balaban J connectivity index is 2.25. The lowest BCUT2D eigenvalue weighted by molar-refractivity contribution is 1.01. The standard InChI is InChI=1S/C12H13N3/c1-9-7-11(15-12(13)14-9)8-10-5-3-2-4-6-10/h2-7H,8H2,1H3,(H2,13,14,15). The lowest BCUT2D eigenvalue weighted by atomic mass is 10.1. The predicted molar refractivity (Wildman–Crippen MR) is 60.4 cm³/mol. The zero-order valence-corrected chi connectivity index (χ0v) is 8.64. The first kappa shape index (κ1) is 9.65. The van der Waals surface area contributed by atoms with Crippen LogP contribution in [0.2, 0.25) is 0 Å². The highest BCUT2D eigenvalue weighted by Gasteiger charge is 2.00. The summed E-state index contributed by atoms with van der Waals surface area (Å²) in [5, 5.41) is 0. The lowest BCUT2D eigenvalue weighted by Gasteiger charge is -2.03. The normalized spacial score (nSPS) is 10.2. The van der Waals surface area contributed by atoms with Crippen molar-refractivity contribution in [1.82, 2.24) is 9.97 Å². The maximum atomic E-state index is 5.59. The van der Waals surface area contributed by atoms with Crippen molar-refractivity contribution in [2.75, 3.05) is 5.73 Å². The van der Waals surface area contributed by atoms with Crippen LogP contribution >= 0.6 is 0 Å². The Morgan fingerprint density at radius 1 is 1.13 bits per heavy atom. The van der Waals surface area contributed by atoms with Crippen LogP contribution in [0, 0.1) is 6.92 Å². The summed E-state index contributed by atoms with van der Waals surface area (Å²) in [6.07, 6.45) is 0.800. The van der Waals surface area contributed by atoms with Crippen LogP contribution in [-0.2, 0) is 6.42 Å². The fourth-order valence-electron chi connectivity index (χ4n) is 1.55. The van der Waals surface area contributed by atoms with Gasteiger partial charge in [0.1, 0.15) is 0 Å². The van der Waals surface area contributed by atoms with Crippen LogP contribution in [-0.4, -0.2) is 9.97 Å². The molecule has 1 aromatic carbocycles. The molecule has 0 fully saturated rings. The van der Waals surface area contributed by atoms with Gasteiger partial charge in [-0.2, -0.15) is 0 Å². The van der Waals surface area contributed by atoms with Gasteiger partial charge in [0.15, 0.2) is 0 Å². The molecule has 3 heteroatoms. The van der Waals surface area contributed by atoms with E-state index in [9.17, 15) is 0 Å². The van der Waals surface area contributed by atoms with E-state index in [-0.39, 0.29) is 0 Å². The number of nitrogen functional groups attached to an aromatic ring is 1. The molecule has 0 bridgehead atoms. The molecule has 0 amide bonds. The van der Waals surface area contributed by atoms with Crippen LogP contribution in [0.1, 0.15) is 17.0 Å². The Bertz CT molecular complexity index is 431. The molecular weight excluding hydrogens is 186 g/mol. The molecule has 1 heterocycles. The minimum Gasteiger partial charge on any atom is -0.368 e. The smallest absolute Gasteiger partial charge is 0.220 e. The molecule has 0 unspecified atom stereocenters. The van der Waals surface area contributed by atoms with E-state index in [4.69, 9.17) is 5.73 Å². The van der Waals surface area contributed by atoms with Crippen molar-refractivity contribution >= 4 is 5.95 Å². The van der Waals surface area contributed by atoms with Gasteiger partial charge in [0.25, 0.3) is 0 Å². The van der Waals surface area contributed by atoms with Crippen molar-refractivity contribution in [3.8, 4) is 0 Å². The van der Waals surface area contributed by atoms with Gasteiger partial charge in [0.05, 0.1) is 5.69 Å². The molecule has 15 heavy (non-hydrogen) atoms. The molecule has 0 radical (unpaired) electrons. The summed E-state index contributed by atoms with van der Waals surface area (Å²) in [4.78, 5) is 8.24. The van der Waals surface area contributed by atoms with Gasteiger partial charge in [-0.25, -0.2) is 9.97 Å². The van der Waals surface area contributed by atoms with Crippen LogP contribution < -0.4 is 5.73 Å². The second kappa shape index (κ2) is 4.09. The molecule has 0 aliphatic heterocycles. The number of aryl methyl sites for hydroxylation is 1. The van der Waals surface area contributed by atoms with Crippen molar-refractivity contribution in [2.45, 2.75) is 13.3 Å². The summed E-state index contributed by atoms with van der Waals surface area (Å²) in [7, 11) is 0. The molecule has 1 aromatic heterocycles. The summed E-state index contributed by atoms with van der Waals surface area (Å²) in [6.45, 7) is 1.92. The molecule has 2 N–H and O–H groups in total. The molecule has 0 aliphatic rings. The SMILES string of the molecule is Cc1cc(Cc2ccccc2)nc(N)n1. The third-order valence-electron chi connectivity index (χ3n) is 2.15. The van der Waals surface area contributed by atoms with Gasteiger partial charge >= 0.3 is 0 Å². The van der Waals surface area contributed by atoms with Gasteiger partial charge < -0.3 is 5.73 Å². The van der Waals surface area contributed by atoms with Gasteiger partial charge in [-0.3, -0.25) is 0 Å². The average Bonchev–Trinajstić information content (AvgIpc) is 2.17. The zero-order valence-electron chi connectivity index (χ0n) is 8.64. The summed E-state index contributed by atoms with van der Waals surface area (Å²) < 4.78 is 0. The van der Waals surface area contributed by atoms with Crippen LogP contribution in [0.25, 0.3) is 0 Å². The topological polar surface area (TPSA) is 51.8 Å². The molecule has 0 saturated heterocycles. The number of benzene rings is 1. The van der Waals surface area contributed by atoms with Gasteiger partial charge in [-0.1, -0.05) is 30.3 Å². The molecule has 3 nitrogen and oxygen atoms in total. The maximum Gasteiger partial charge on any atom is 0.220 e. The third kappa shape index (κ3) is 2.53. The summed E-state index contributed by atoms with van der Waals surface area (Å²) in [6, 6.07) is 12.2. The number of hydrogen-bond donors (Lipinski definition) is 1. The van der Waals surface area contributed by atoms with Crippen molar-refractivity contribution in [1.29, 1.82) is 0 Å². The van der Waals surface area contributed by atoms with E-state index >= 15 is 0 Å². The highest BCUT2D eigenvalue weighted by Crippen LogP contribution is 2.08. The van der Waals surface area contributed by atoms with Crippen LogP contribution in [0.3, 0.4) is 0 Å². The van der Waals surface area contributed by atoms with Crippen LogP contribution in [0.5, 0.6) is 0 Å². The number of hydrogen-bond acceptors (Lipinski definition) is 3. The summed E-state index contributed by atoms with van der Waals surface area (Å²) in [5.41, 5.74) is 8.70. The lowest BCUT2D eigenvalue weighted by Crippen LogP contribution is -2.01. The molecular formula is C12H13N3. The van der Waals surface area contributed by atoms with E-state index in [1.54, 1.807) is 0 Å². The number of nitrogens with zero attached hydrogens (tertiary/aromatic N) is 2. The number of aromatic nitrogens is 2. The van der Waals surface area contributed by atoms with Crippen LogP contribution in [0.15, 0.2) is 36.4 Å². The zero-order chi connectivity index (χ0) is 10.7. The molecule has 76 valence electrons. The number of anilines is 1. The van der Waals surface area contributed by atoms with E-state index in [2.05, 4.69) is 22.1 Å². The highest BCUT2D eigenvalue weighted by molar-refractivity contribution is 5.27. The predicted octanol–water partition coefficient (Wildman–Crippen LogP) is 1.96. The number of rotatable bonds is 2. The minimum absolute atomic E-state index is 0.348. The Labute approximate surface area is 89.0 Å². The van der Waals surface area contributed by atoms with E-state index in [0.717, 1.165) is 17.8 Å². The monoisotopic (exact) mass is 199 g/mol. The maximum absolute atomic E-state index is 5.59. The average molecular weight is 199 g/mol. The van der Waals surface area contributed by atoms with Gasteiger partial charge in [0.2, 0.25) is 5.95 Å². The first-order valence-electron chi connectivity index (χ1n) is 4.88. The molecule has 0 atom stereocenters. The molecule has 2 rings (SSSR count). The minimum atomic E-state index is 0.348. The van der Waals surface area contributed by atoms with Gasteiger partial charge in [-0.15, -0.1) is 0 Å². The van der Waals surface area contributed by atoms with E-state index in [0.29, 0.717) is 5.95 Å². The molecule has 0 saturated carbocycles. The molecule has 2 aromatic rings.